The Bertz CT molecular complexity index is 921. The topological polar surface area (TPSA) is 105 Å². The van der Waals surface area contributed by atoms with Gasteiger partial charge in [0.1, 0.15) is 17.8 Å². The van der Waals surface area contributed by atoms with Gasteiger partial charge in [-0.05, 0) is 44.2 Å². The highest BCUT2D eigenvalue weighted by Gasteiger charge is 2.27. The van der Waals surface area contributed by atoms with Crippen molar-refractivity contribution < 1.29 is 14.4 Å². The van der Waals surface area contributed by atoms with Gasteiger partial charge in [-0.3, -0.25) is 10.1 Å². The molecule has 0 saturated carbocycles. The molecule has 3 rings (SSSR count). The molecule has 2 heterocycles. The SMILES string of the molecule is COc1ccc(Oc2ncnc(-n3nc(C)cc3C)c2[N+](=O)[O-])cc1. The predicted octanol–water partition coefficient (Wildman–Crippen LogP) is 2.99. The lowest BCUT2D eigenvalue weighted by molar-refractivity contribution is -0.386. The van der Waals surface area contributed by atoms with Crippen LogP contribution >= 0.6 is 0 Å². The second-order valence-corrected chi connectivity index (χ2v) is 5.22. The Labute approximate surface area is 143 Å². The Balaban J connectivity index is 2.06. The molecule has 0 N–H and O–H groups in total. The van der Waals surface area contributed by atoms with Crippen LogP contribution in [0, 0.1) is 24.0 Å². The van der Waals surface area contributed by atoms with E-state index in [0.717, 1.165) is 11.4 Å². The highest BCUT2D eigenvalue weighted by atomic mass is 16.6. The molecule has 0 spiro atoms. The number of benzene rings is 1. The van der Waals surface area contributed by atoms with E-state index >= 15 is 0 Å². The molecule has 0 saturated heterocycles. The summed E-state index contributed by atoms with van der Waals surface area (Å²) >= 11 is 0. The maximum absolute atomic E-state index is 11.6. The molecule has 128 valence electrons. The minimum absolute atomic E-state index is 0.0501. The summed E-state index contributed by atoms with van der Waals surface area (Å²) in [4.78, 5) is 19.0. The van der Waals surface area contributed by atoms with E-state index in [4.69, 9.17) is 9.47 Å². The summed E-state index contributed by atoms with van der Waals surface area (Å²) in [6, 6.07) is 8.44. The summed E-state index contributed by atoms with van der Waals surface area (Å²) in [5.41, 5.74) is 1.09. The van der Waals surface area contributed by atoms with Crippen LogP contribution in [-0.2, 0) is 0 Å². The third-order valence-electron chi connectivity index (χ3n) is 3.44. The second kappa shape index (κ2) is 6.56. The highest BCUT2D eigenvalue weighted by Crippen LogP contribution is 2.33. The fourth-order valence-electron chi connectivity index (χ4n) is 2.34. The Kier molecular flexibility index (Phi) is 4.29. The molecule has 0 aliphatic heterocycles. The molecule has 0 aliphatic carbocycles. The van der Waals surface area contributed by atoms with E-state index in [1.807, 2.05) is 0 Å². The van der Waals surface area contributed by atoms with Gasteiger partial charge in [0.25, 0.3) is 0 Å². The fraction of sp³-hybridized carbons (Fsp3) is 0.188. The monoisotopic (exact) mass is 341 g/mol. The first-order chi connectivity index (χ1) is 12.0. The molecule has 0 bridgehead atoms. The molecule has 0 unspecified atom stereocenters. The van der Waals surface area contributed by atoms with Crippen LogP contribution in [0.1, 0.15) is 11.4 Å². The predicted molar refractivity (Wildman–Crippen MR) is 88.4 cm³/mol. The van der Waals surface area contributed by atoms with E-state index in [-0.39, 0.29) is 17.4 Å². The van der Waals surface area contributed by atoms with Crippen molar-refractivity contribution in [3.05, 3.63) is 58.2 Å². The third kappa shape index (κ3) is 3.25. The molecule has 0 aliphatic rings. The van der Waals surface area contributed by atoms with Crippen molar-refractivity contribution in [1.29, 1.82) is 0 Å². The number of aromatic nitrogens is 4. The first-order valence-corrected chi connectivity index (χ1v) is 7.34. The van der Waals surface area contributed by atoms with Gasteiger partial charge >= 0.3 is 11.6 Å². The average molecular weight is 341 g/mol. The zero-order valence-electron chi connectivity index (χ0n) is 13.8. The summed E-state index contributed by atoms with van der Waals surface area (Å²) in [5, 5.41) is 15.9. The number of hydrogen-bond donors (Lipinski definition) is 0. The van der Waals surface area contributed by atoms with E-state index in [9.17, 15) is 10.1 Å². The van der Waals surface area contributed by atoms with Crippen molar-refractivity contribution in [2.24, 2.45) is 0 Å². The maximum Gasteiger partial charge on any atom is 0.375 e. The number of ether oxygens (including phenoxy) is 2. The Morgan fingerprint density at radius 3 is 2.36 bits per heavy atom. The zero-order valence-corrected chi connectivity index (χ0v) is 13.8. The van der Waals surface area contributed by atoms with Crippen LogP contribution in [0.5, 0.6) is 17.4 Å². The Hall–Kier alpha value is -3.49. The number of rotatable bonds is 5. The first kappa shape index (κ1) is 16.4. The molecule has 0 atom stereocenters. The number of hydrogen-bond acceptors (Lipinski definition) is 7. The smallest absolute Gasteiger partial charge is 0.375 e. The normalized spacial score (nSPS) is 10.5. The lowest BCUT2D eigenvalue weighted by Gasteiger charge is -2.09. The van der Waals surface area contributed by atoms with Crippen LogP contribution in [0.3, 0.4) is 0 Å². The third-order valence-corrected chi connectivity index (χ3v) is 3.44. The van der Waals surface area contributed by atoms with Crippen LogP contribution in [0.25, 0.3) is 5.82 Å². The van der Waals surface area contributed by atoms with Gasteiger partial charge in [0.2, 0.25) is 5.82 Å². The number of methoxy groups -OCH3 is 1. The Morgan fingerprint density at radius 2 is 1.80 bits per heavy atom. The molecule has 0 radical (unpaired) electrons. The largest absolute Gasteiger partial charge is 0.497 e. The summed E-state index contributed by atoms with van der Waals surface area (Å²) in [5.74, 6) is 0.927. The van der Waals surface area contributed by atoms with Crippen LogP contribution in [0.2, 0.25) is 0 Å². The van der Waals surface area contributed by atoms with Crippen molar-refractivity contribution >= 4 is 5.69 Å². The van der Waals surface area contributed by atoms with E-state index in [2.05, 4.69) is 15.1 Å². The standard InChI is InChI=1S/C16H15N5O4/c1-10-8-11(2)20(19-10)15-14(21(22)23)16(18-9-17-15)25-13-6-4-12(24-3)5-7-13/h4-9H,1-3H3. The van der Waals surface area contributed by atoms with Crippen molar-refractivity contribution in [3.63, 3.8) is 0 Å². The lowest BCUT2D eigenvalue weighted by atomic mass is 10.3. The number of aryl methyl sites for hydroxylation is 2. The molecule has 0 fully saturated rings. The van der Waals surface area contributed by atoms with Gasteiger partial charge in [-0.25, -0.2) is 9.67 Å². The maximum atomic E-state index is 11.6. The molecule has 2 aromatic heterocycles. The van der Waals surface area contributed by atoms with Crippen molar-refractivity contribution in [2.75, 3.05) is 7.11 Å². The summed E-state index contributed by atoms with van der Waals surface area (Å²) in [6.07, 6.45) is 1.21. The lowest BCUT2D eigenvalue weighted by Crippen LogP contribution is -2.08. The van der Waals surface area contributed by atoms with Gasteiger partial charge < -0.3 is 9.47 Å². The zero-order chi connectivity index (χ0) is 18.0. The van der Waals surface area contributed by atoms with Gasteiger partial charge in [-0.1, -0.05) is 0 Å². The quantitative estimate of drug-likeness (QED) is 0.519. The van der Waals surface area contributed by atoms with Crippen LogP contribution in [0.4, 0.5) is 5.69 Å². The highest BCUT2D eigenvalue weighted by molar-refractivity contribution is 5.55. The molecular formula is C16H15N5O4. The van der Waals surface area contributed by atoms with Gasteiger partial charge in [-0.2, -0.15) is 10.1 Å². The number of nitrogens with zero attached hydrogens (tertiary/aromatic N) is 5. The second-order valence-electron chi connectivity index (χ2n) is 5.22. The Morgan fingerprint density at radius 1 is 1.12 bits per heavy atom. The first-order valence-electron chi connectivity index (χ1n) is 7.34. The molecule has 9 nitrogen and oxygen atoms in total. The van der Waals surface area contributed by atoms with E-state index in [1.165, 1.54) is 11.0 Å². The van der Waals surface area contributed by atoms with E-state index in [0.29, 0.717) is 11.5 Å². The van der Waals surface area contributed by atoms with Gasteiger partial charge in [0.05, 0.1) is 17.7 Å². The van der Waals surface area contributed by atoms with Gasteiger partial charge in [-0.15, -0.1) is 0 Å². The van der Waals surface area contributed by atoms with Gasteiger partial charge in [0.15, 0.2) is 0 Å². The van der Waals surface area contributed by atoms with E-state index < -0.39 is 4.92 Å². The van der Waals surface area contributed by atoms with Crippen molar-refractivity contribution in [1.82, 2.24) is 19.7 Å². The van der Waals surface area contributed by atoms with Gasteiger partial charge in [0, 0.05) is 5.69 Å². The van der Waals surface area contributed by atoms with Crippen molar-refractivity contribution in [3.8, 4) is 23.2 Å². The van der Waals surface area contributed by atoms with Crippen LogP contribution in [0.15, 0.2) is 36.7 Å². The summed E-state index contributed by atoms with van der Waals surface area (Å²) in [6.45, 7) is 3.58. The van der Waals surface area contributed by atoms with E-state index in [1.54, 1.807) is 51.3 Å². The minimum Gasteiger partial charge on any atom is -0.497 e. The minimum atomic E-state index is -0.579. The summed E-state index contributed by atoms with van der Waals surface area (Å²) < 4.78 is 12.1. The molecule has 1 aromatic carbocycles. The molecule has 25 heavy (non-hydrogen) atoms. The van der Waals surface area contributed by atoms with Crippen molar-refractivity contribution in [2.45, 2.75) is 13.8 Å². The average Bonchev–Trinajstić information content (AvgIpc) is 2.93. The summed E-state index contributed by atoms with van der Waals surface area (Å²) in [7, 11) is 1.55. The molecular weight excluding hydrogens is 326 g/mol. The fourth-order valence-corrected chi connectivity index (χ4v) is 2.34. The van der Waals surface area contributed by atoms with Crippen LogP contribution < -0.4 is 9.47 Å². The molecule has 0 amide bonds. The van der Waals surface area contributed by atoms with Crippen LogP contribution in [-0.4, -0.2) is 31.8 Å². The number of nitro groups is 1. The molecule has 9 heteroatoms. The molecule has 3 aromatic rings.